The number of esters is 1. The van der Waals surface area contributed by atoms with Crippen molar-refractivity contribution >= 4 is 15.5 Å². The number of carbonyl (C=O) groups excluding carboxylic acids is 1. The number of fused-ring (bicyclic) bond motifs is 1. The van der Waals surface area contributed by atoms with E-state index in [-0.39, 0.29) is 34.8 Å². The smallest absolute Gasteiger partial charge is 0.314 e. The Bertz CT molecular complexity index is 971. The number of rotatable bonds is 3. The van der Waals surface area contributed by atoms with Crippen LogP contribution in [0, 0.1) is 29.0 Å². The van der Waals surface area contributed by atoms with Gasteiger partial charge in [0.05, 0.1) is 21.5 Å². The topological polar surface area (TPSA) is 76.1 Å². The molecule has 4 rings (SSSR count). The van der Waals surface area contributed by atoms with Gasteiger partial charge in [-0.05, 0) is 71.3 Å². The quantitative estimate of drug-likeness (QED) is 0.493. The molecule has 0 bridgehead atoms. The summed E-state index contributed by atoms with van der Waals surface area (Å²) in [6.45, 7) is 1.87. The lowest BCUT2D eigenvalue weighted by Crippen LogP contribution is -2.52. The molecule has 2 aliphatic rings. The van der Waals surface area contributed by atoms with Crippen molar-refractivity contribution in [1.29, 1.82) is 5.26 Å². The molecule has 28 heavy (non-hydrogen) atoms. The van der Waals surface area contributed by atoms with Crippen LogP contribution < -0.4 is 10.5 Å². The van der Waals surface area contributed by atoms with Gasteiger partial charge < -0.3 is 10.5 Å². The number of halogens is 1. The molecule has 2 aromatic carbocycles. The van der Waals surface area contributed by atoms with Crippen LogP contribution in [0.25, 0.3) is 11.1 Å². The number of hydrogen-bond acceptors (Lipinski definition) is 4. The van der Waals surface area contributed by atoms with Crippen LogP contribution in [0.3, 0.4) is 0 Å². The predicted molar refractivity (Wildman–Crippen MR) is 108 cm³/mol. The fraction of sp³-hybridized carbons (Fsp3) is 0.364. The van der Waals surface area contributed by atoms with Crippen LogP contribution in [-0.4, -0.2) is 21.2 Å². The van der Waals surface area contributed by atoms with Crippen molar-refractivity contribution < 1.29 is 13.9 Å². The van der Waals surface area contributed by atoms with Crippen LogP contribution in [-0.2, 0) is 17.6 Å². The average Bonchev–Trinajstić information content (AvgIpc) is 2.83. The minimum Gasteiger partial charge on any atom is -0.426 e. The maximum Gasteiger partial charge on any atom is 0.314 e. The Morgan fingerprint density at radius 2 is 2.04 bits per heavy atom. The van der Waals surface area contributed by atoms with E-state index in [2.05, 4.69) is 6.07 Å². The molecule has 4 nitrogen and oxygen atoms in total. The van der Waals surface area contributed by atoms with Gasteiger partial charge in [-0.15, -0.1) is 0 Å². The van der Waals surface area contributed by atoms with Gasteiger partial charge in [-0.25, -0.2) is 4.39 Å². The summed E-state index contributed by atoms with van der Waals surface area (Å²) >= 11 is 0. The zero-order valence-corrected chi connectivity index (χ0v) is 17.2. The largest absolute Gasteiger partial charge is 0.426 e. The molecule has 4 atom stereocenters. The molecule has 2 heterocycles. The molecule has 0 radical (unpaired) electrons. The average molecular weight is 395 g/mol. The summed E-state index contributed by atoms with van der Waals surface area (Å²) in [5.41, 5.74) is 9.51. The van der Waals surface area contributed by atoms with E-state index in [4.69, 9.17) is 15.7 Å². The standard InChI is InChI=1S/C22H23FN2O2Si/c1-12-2-3-16-8-13(6-7-19(16)27-22(12)26)14-4-5-15(18(23)10-14)9-17-20(11-24)28-21(17)25/h4-8,10,12,17,20-21H,2-3,9,25,28H2,1H3/t12?,17-,20?,21?/m0/s1. The van der Waals surface area contributed by atoms with Gasteiger partial charge in [0.25, 0.3) is 0 Å². The third-order valence-electron chi connectivity index (χ3n) is 6.12. The highest BCUT2D eigenvalue weighted by Crippen LogP contribution is 2.36. The minimum absolute atomic E-state index is 0.0590. The van der Waals surface area contributed by atoms with Crippen molar-refractivity contribution in [2.24, 2.45) is 17.6 Å². The van der Waals surface area contributed by atoms with E-state index in [0.29, 0.717) is 17.7 Å². The Kier molecular flexibility index (Phi) is 5.05. The summed E-state index contributed by atoms with van der Waals surface area (Å²) < 4.78 is 20.2. The first-order valence-corrected chi connectivity index (χ1v) is 11.4. The van der Waals surface area contributed by atoms with Crippen molar-refractivity contribution in [2.75, 3.05) is 0 Å². The second-order valence-corrected chi connectivity index (χ2v) is 10.3. The van der Waals surface area contributed by atoms with E-state index in [1.807, 2.05) is 25.1 Å². The lowest BCUT2D eigenvalue weighted by molar-refractivity contribution is -0.138. The Hall–Kier alpha value is -2.49. The van der Waals surface area contributed by atoms with E-state index >= 15 is 0 Å². The summed E-state index contributed by atoms with van der Waals surface area (Å²) in [5.74, 6) is 0.104. The van der Waals surface area contributed by atoms with Crippen LogP contribution in [0.2, 0.25) is 5.54 Å². The molecule has 1 saturated heterocycles. The van der Waals surface area contributed by atoms with Gasteiger partial charge in [0.2, 0.25) is 0 Å². The molecule has 0 aliphatic carbocycles. The van der Waals surface area contributed by atoms with Gasteiger partial charge in [0.1, 0.15) is 11.6 Å². The molecule has 0 aromatic heterocycles. The van der Waals surface area contributed by atoms with E-state index in [0.717, 1.165) is 29.5 Å². The molecule has 2 aromatic rings. The van der Waals surface area contributed by atoms with Gasteiger partial charge >= 0.3 is 5.97 Å². The lowest BCUT2D eigenvalue weighted by Gasteiger charge is -2.38. The normalized spacial score (nSPS) is 27.3. The zero-order chi connectivity index (χ0) is 19.8. The lowest BCUT2D eigenvalue weighted by atomic mass is 9.92. The van der Waals surface area contributed by atoms with Crippen molar-refractivity contribution in [1.82, 2.24) is 0 Å². The second-order valence-electron chi connectivity index (χ2n) is 7.99. The van der Waals surface area contributed by atoms with Crippen LogP contribution >= 0.6 is 0 Å². The van der Waals surface area contributed by atoms with Crippen LogP contribution in [0.5, 0.6) is 5.75 Å². The number of nitrogens with zero attached hydrogens (tertiary/aromatic N) is 1. The fourth-order valence-corrected chi connectivity index (χ4v) is 5.90. The van der Waals surface area contributed by atoms with Crippen molar-refractivity contribution in [2.45, 2.75) is 37.4 Å². The molecule has 144 valence electrons. The van der Waals surface area contributed by atoms with E-state index < -0.39 is 9.52 Å². The highest BCUT2D eigenvalue weighted by Gasteiger charge is 2.39. The third kappa shape index (κ3) is 3.48. The van der Waals surface area contributed by atoms with Crippen LogP contribution in [0.15, 0.2) is 36.4 Å². The maximum absolute atomic E-state index is 14.7. The molecule has 0 spiro atoms. The minimum atomic E-state index is -0.542. The fourth-order valence-electron chi connectivity index (χ4n) is 4.09. The Labute approximate surface area is 166 Å². The molecule has 6 heteroatoms. The molecular formula is C22H23FN2O2Si. The van der Waals surface area contributed by atoms with Crippen molar-refractivity contribution in [3.63, 3.8) is 0 Å². The van der Waals surface area contributed by atoms with Gasteiger partial charge in [-0.2, -0.15) is 5.26 Å². The number of nitriles is 1. The Balaban J connectivity index is 1.57. The van der Waals surface area contributed by atoms with Gasteiger partial charge in [-0.3, -0.25) is 4.79 Å². The molecule has 0 amide bonds. The van der Waals surface area contributed by atoms with Gasteiger partial charge in [0, 0.05) is 5.54 Å². The monoisotopic (exact) mass is 394 g/mol. The molecule has 3 unspecified atom stereocenters. The SMILES string of the molecule is CC1CCc2cc(-c3ccc(C[C@@H]4C(N)[SiH2]C4C#N)c(F)c3)ccc2OC1=O. The highest BCUT2D eigenvalue weighted by molar-refractivity contribution is 6.45. The first-order valence-electron chi connectivity index (χ1n) is 9.75. The number of nitrogens with two attached hydrogens (primary N) is 1. The molecular weight excluding hydrogens is 371 g/mol. The number of carbonyl (C=O) groups is 1. The number of aryl methyl sites for hydroxylation is 1. The number of benzene rings is 2. The summed E-state index contributed by atoms with van der Waals surface area (Å²) in [5, 5.41) is 9.17. The van der Waals surface area contributed by atoms with Gasteiger partial charge in [0.15, 0.2) is 0 Å². The molecule has 0 saturated carbocycles. The highest BCUT2D eigenvalue weighted by atomic mass is 28.2. The first kappa shape index (κ1) is 18.9. The second kappa shape index (κ2) is 7.49. The van der Waals surface area contributed by atoms with E-state index in [9.17, 15) is 9.18 Å². The summed E-state index contributed by atoms with van der Waals surface area (Å²) in [4.78, 5) is 11.9. The first-order chi connectivity index (χ1) is 13.5. The molecule has 2 aliphatic heterocycles. The predicted octanol–water partition coefficient (Wildman–Crippen LogP) is 2.92. The maximum atomic E-state index is 14.7. The van der Waals surface area contributed by atoms with Crippen molar-refractivity contribution in [3.8, 4) is 22.9 Å². The summed E-state index contributed by atoms with van der Waals surface area (Å²) in [7, 11) is -0.542. The van der Waals surface area contributed by atoms with Gasteiger partial charge in [-0.1, -0.05) is 25.1 Å². The van der Waals surface area contributed by atoms with Crippen LogP contribution in [0.4, 0.5) is 4.39 Å². The third-order valence-corrected chi connectivity index (χ3v) is 8.57. The van der Waals surface area contributed by atoms with E-state index in [1.54, 1.807) is 18.2 Å². The number of ether oxygens (including phenoxy) is 1. The number of hydrogen-bond donors (Lipinski definition) is 1. The van der Waals surface area contributed by atoms with Crippen LogP contribution in [0.1, 0.15) is 24.5 Å². The van der Waals surface area contributed by atoms with E-state index in [1.165, 1.54) is 0 Å². The summed E-state index contributed by atoms with van der Waals surface area (Å²) in [6, 6.07) is 13.2. The molecule has 1 fully saturated rings. The Morgan fingerprint density at radius 1 is 1.29 bits per heavy atom. The summed E-state index contributed by atoms with van der Waals surface area (Å²) in [6.07, 6.45) is 2.03. The Morgan fingerprint density at radius 3 is 2.75 bits per heavy atom. The molecule has 2 N–H and O–H groups in total. The van der Waals surface area contributed by atoms with Crippen molar-refractivity contribution in [3.05, 3.63) is 53.3 Å². The zero-order valence-electron chi connectivity index (χ0n) is 15.8.